The summed E-state index contributed by atoms with van der Waals surface area (Å²) in [6.07, 6.45) is 2.23. The van der Waals surface area contributed by atoms with Gasteiger partial charge in [-0.2, -0.15) is 0 Å². The van der Waals surface area contributed by atoms with E-state index in [1.165, 1.54) is 6.08 Å². The van der Waals surface area contributed by atoms with Crippen molar-refractivity contribution in [2.24, 2.45) is 11.3 Å². The smallest absolute Gasteiger partial charge is 0.324 e. The van der Waals surface area contributed by atoms with Crippen LogP contribution in [0.2, 0.25) is 0 Å². The molecule has 0 rings (SSSR count). The molecule has 0 heterocycles. The van der Waals surface area contributed by atoms with Crippen LogP contribution in [0, 0.1) is 21.4 Å². The van der Waals surface area contributed by atoms with Gasteiger partial charge in [-0.3, -0.25) is 19.7 Å². The number of hydrogen-bond donors (Lipinski definition) is 0. The van der Waals surface area contributed by atoms with E-state index in [-0.39, 0.29) is 6.42 Å². The molecule has 1 unspecified atom stereocenters. The Balaban J connectivity index is 5.84. The third-order valence-corrected chi connectivity index (χ3v) is 3.27. The molecule has 7 heteroatoms. The Morgan fingerprint density at radius 3 is 2.15 bits per heavy atom. The minimum atomic E-state index is -1.71. The van der Waals surface area contributed by atoms with Crippen molar-refractivity contribution in [3.8, 4) is 0 Å². The molecule has 7 nitrogen and oxygen atoms in total. The molecule has 0 spiro atoms. The maximum atomic E-state index is 12.1. The number of nitro groups is 1. The lowest BCUT2D eigenvalue weighted by molar-refractivity contribution is -0.491. The number of esters is 2. The second kappa shape index (κ2) is 8.29. The van der Waals surface area contributed by atoms with Crippen LogP contribution >= 0.6 is 0 Å². The van der Waals surface area contributed by atoms with Crippen LogP contribution < -0.4 is 0 Å². The molecule has 20 heavy (non-hydrogen) atoms. The molecule has 0 aliphatic rings. The zero-order valence-corrected chi connectivity index (χ0v) is 12.1. The minimum absolute atomic E-state index is 0.0646. The highest BCUT2D eigenvalue weighted by Crippen LogP contribution is 2.38. The van der Waals surface area contributed by atoms with Gasteiger partial charge in [0.1, 0.15) is 0 Å². The van der Waals surface area contributed by atoms with Crippen LogP contribution in [-0.4, -0.2) is 37.6 Å². The Morgan fingerprint density at radius 2 is 1.85 bits per heavy atom. The maximum absolute atomic E-state index is 12.1. The highest BCUT2D eigenvalue weighted by molar-refractivity contribution is 6.00. The molecule has 0 N–H and O–H groups in total. The quantitative estimate of drug-likeness (QED) is 0.210. The van der Waals surface area contributed by atoms with Gasteiger partial charge in [-0.1, -0.05) is 19.4 Å². The van der Waals surface area contributed by atoms with Crippen molar-refractivity contribution >= 4 is 11.9 Å². The lowest BCUT2D eigenvalue weighted by Crippen LogP contribution is -2.49. The standard InChI is InChI=1S/C13H21NO6/c1-5-7-10(9-14(17)18)13(8-6-2,11(15)19-3)12(16)20-4/h6,10H,2,5,7-9H2,1,3-4H3. The van der Waals surface area contributed by atoms with Crippen LogP contribution in [-0.2, 0) is 19.1 Å². The molecule has 114 valence electrons. The Labute approximate surface area is 118 Å². The predicted molar refractivity (Wildman–Crippen MR) is 71.5 cm³/mol. The molecule has 0 saturated carbocycles. The van der Waals surface area contributed by atoms with Crippen molar-refractivity contribution in [2.45, 2.75) is 26.2 Å². The first-order valence-electron chi connectivity index (χ1n) is 6.30. The second-order valence-electron chi connectivity index (χ2n) is 4.45. The van der Waals surface area contributed by atoms with E-state index in [4.69, 9.17) is 0 Å². The van der Waals surface area contributed by atoms with E-state index in [0.717, 1.165) is 14.2 Å². The van der Waals surface area contributed by atoms with Gasteiger partial charge >= 0.3 is 11.9 Å². The average molecular weight is 287 g/mol. The minimum Gasteiger partial charge on any atom is -0.468 e. The number of methoxy groups -OCH3 is 2. The van der Waals surface area contributed by atoms with Crippen LogP contribution in [0.3, 0.4) is 0 Å². The zero-order valence-electron chi connectivity index (χ0n) is 12.1. The molecule has 0 aromatic rings. The normalized spacial score (nSPS) is 12.3. The largest absolute Gasteiger partial charge is 0.468 e. The summed E-state index contributed by atoms with van der Waals surface area (Å²) < 4.78 is 9.38. The van der Waals surface area contributed by atoms with Gasteiger partial charge in [-0.15, -0.1) is 6.58 Å². The topological polar surface area (TPSA) is 95.7 Å². The van der Waals surface area contributed by atoms with Crippen molar-refractivity contribution in [3.05, 3.63) is 22.8 Å². The molecule has 0 fully saturated rings. The summed E-state index contributed by atoms with van der Waals surface area (Å²) in [4.78, 5) is 34.6. The van der Waals surface area contributed by atoms with Crippen LogP contribution in [0.15, 0.2) is 12.7 Å². The number of carbonyl (C=O) groups excluding carboxylic acids is 2. The van der Waals surface area contributed by atoms with E-state index in [0.29, 0.717) is 12.8 Å². The Kier molecular flexibility index (Phi) is 7.49. The molecule has 0 amide bonds. The zero-order chi connectivity index (χ0) is 15.8. The summed E-state index contributed by atoms with van der Waals surface area (Å²) in [5, 5.41) is 10.8. The summed E-state index contributed by atoms with van der Waals surface area (Å²) in [7, 11) is 2.27. The van der Waals surface area contributed by atoms with Crippen LogP contribution in [0.4, 0.5) is 0 Å². The third-order valence-electron chi connectivity index (χ3n) is 3.27. The summed E-state index contributed by atoms with van der Waals surface area (Å²) in [6.45, 7) is 4.83. The van der Waals surface area contributed by atoms with Gasteiger partial charge in [0, 0.05) is 4.92 Å². The average Bonchev–Trinajstić information content (AvgIpc) is 2.42. The van der Waals surface area contributed by atoms with E-state index in [2.05, 4.69) is 16.1 Å². The van der Waals surface area contributed by atoms with Gasteiger partial charge in [0.25, 0.3) is 0 Å². The van der Waals surface area contributed by atoms with Gasteiger partial charge in [-0.25, -0.2) is 0 Å². The van der Waals surface area contributed by atoms with E-state index >= 15 is 0 Å². The Bertz CT molecular complexity index is 363. The number of rotatable bonds is 9. The molecule has 0 radical (unpaired) electrons. The molecule has 0 aromatic carbocycles. The van der Waals surface area contributed by atoms with Gasteiger partial charge in [-0.05, 0) is 12.8 Å². The summed E-state index contributed by atoms with van der Waals surface area (Å²) in [6, 6.07) is 0. The van der Waals surface area contributed by atoms with Gasteiger partial charge < -0.3 is 9.47 Å². The van der Waals surface area contributed by atoms with Gasteiger partial charge in [0.2, 0.25) is 6.54 Å². The fourth-order valence-corrected chi connectivity index (χ4v) is 2.36. The first kappa shape index (κ1) is 18.1. The van der Waals surface area contributed by atoms with Crippen molar-refractivity contribution in [1.82, 2.24) is 0 Å². The lowest BCUT2D eigenvalue weighted by atomic mass is 9.70. The highest BCUT2D eigenvalue weighted by Gasteiger charge is 2.55. The number of nitrogens with zero attached hydrogens (tertiary/aromatic N) is 1. The molecule has 1 atom stereocenters. The molecule has 0 aliphatic carbocycles. The van der Waals surface area contributed by atoms with Crippen molar-refractivity contribution in [1.29, 1.82) is 0 Å². The number of ether oxygens (including phenoxy) is 2. The number of allylic oxidation sites excluding steroid dienone is 1. The Morgan fingerprint density at radius 1 is 1.35 bits per heavy atom. The molecule has 0 aromatic heterocycles. The van der Waals surface area contributed by atoms with Crippen molar-refractivity contribution < 1.29 is 24.0 Å². The van der Waals surface area contributed by atoms with Gasteiger partial charge in [0.15, 0.2) is 5.41 Å². The highest BCUT2D eigenvalue weighted by atomic mass is 16.6. The Hall–Kier alpha value is -1.92. The predicted octanol–water partition coefficient (Wildman–Crippen LogP) is 1.59. The van der Waals surface area contributed by atoms with Crippen LogP contribution in [0.1, 0.15) is 26.2 Å². The van der Waals surface area contributed by atoms with Gasteiger partial charge in [0.05, 0.1) is 20.1 Å². The second-order valence-corrected chi connectivity index (χ2v) is 4.45. The molecular formula is C13H21NO6. The summed E-state index contributed by atoms with van der Waals surface area (Å²) in [5.41, 5.74) is -1.71. The molecule has 0 saturated heterocycles. The van der Waals surface area contributed by atoms with E-state index in [1.54, 1.807) is 0 Å². The summed E-state index contributed by atoms with van der Waals surface area (Å²) >= 11 is 0. The fraction of sp³-hybridized carbons (Fsp3) is 0.692. The molecule has 0 aliphatic heterocycles. The van der Waals surface area contributed by atoms with E-state index in [9.17, 15) is 19.7 Å². The fourth-order valence-electron chi connectivity index (χ4n) is 2.36. The monoisotopic (exact) mass is 287 g/mol. The number of hydrogen-bond acceptors (Lipinski definition) is 6. The maximum Gasteiger partial charge on any atom is 0.324 e. The van der Waals surface area contributed by atoms with E-state index < -0.39 is 34.7 Å². The first-order valence-corrected chi connectivity index (χ1v) is 6.30. The molecular weight excluding hydrogens is 266 g/mol. The number of carbonyl (C=O) groups is 2. The first-order chi connectivity index (χ1) is 9.40. The lowest BCUT2D eigenvalue weighted by Gasteiger charge is -2.32. The van der Waals surface area contributed by atoms with Crippen molar-refractivity contribution in [3.63, 3.8) is 0 Å². The van der Waals surface area contributed by atoms with Crippen LogP contribution in [0.25, 0.3) is 0 Å². The summed E-state index contributed by atoms with van der Waals surface area (Å²) in [5.74, 6) is -2.46. The van der Waals surface area contributed by atoms with Crippen LogP contribution in [0.5, 0.6) is 0 Å². The van der Waals surface area contributed by atoms with E-state index in [1.807, 2.05) is 6.92 Å². The SMILES string of the molecule is C=CCC(C(=O)OC)(C(=O)OC)C(CCC)C[N+](=O)[O-]. The molecule has 0 bridgehead atoms. The third kappa shape index (κ3) is 3.79. The van der Waals surface area contributed by atoms with Crippen molar-refractivity contribution in [2.75, 3.05) is 20.8 Å².